The molecular weight excluding hydrogens is 214 g/mol. The number of nitrogens with one attached hydrogen (secondary N) is 2. The minimum Gasteiger partial charge on any atom is -0.378 e. The summed E-state index contributed by atoms with van der Waals surface area (Å²) in [6.07, 6.45) is 2.10. The number of amides is 1. The smallest absolute Gasteiger partial charge is 0.227 e. The average Bonchev–Trinajstić information content (AvgIpc) is 2.71. The zero-order valence-corrected chi connectivity index (χ0v) is 9.05. The summed E-state index contributed by atoms with van der Waals surface area (Å²) in [5, 5.41) is 8.45. The molecule has 15 heavy (non-hydrogen) atoms. The third-order valence-corrected chi connectivity index (χ3v) is 2.80. The molecule has 0 aromatic carbocycles. The molecule has 1 aromatic heterocycles. The quantitative estimate of drug-likeness (QED) is 0.787. The molecule has 0 bridgehead atoms. The number of rotatable bonds is 3. The van der Waals surface area contributed by atoms with Crippen LogP contribution < -0.4 is 10.6 Å². The van der Waals surface area contributed by atoms with Crippen LogP contribution >= 0.6 is 11.3 Å². The van der Waals surface area contributed by atoms with Gasteiger partial charge in [-0.15, -0.1) is 11.3 Å². The summed E-state index contributed by atoms with van der Waals surface area (Å²) in [4.78, 5) is 15.5. The van der Waals surface area contributed by atoms with Crippen molar-refractivity contribution in [3.8, 4) is 0 Å². The predicted molar refractivity (Wildman–Crippen MR) is 58.0 cm³/mol. The Morgan fingerprint density at radius 1 is 1.80 bits per heavy atom. The van der Waals surface area contributed by atoms with Crippen LogP contribution in [0.15, 0.2) is 11.6 Å². The number of ether oxygens (including phenoxy) is 1. The molecule has 5 nitrogen and oxygen atoms in total. The van der Waals surface area contributed by atoms with Gasteiger partial charge in [0.05, 0.1) is 13.2 Å². The maximum absolute atomic E-state index is 11.5. The number of carbonyl (C=O) groups excluding carboxylic acids is 1. The van der Waals surface area contributed by atoms with Gasteiger partial charge in [0.25, 0.3) is 0 Å². The first-order valence-electron chi connectivity index (χ1n) is 4.85. The molecule has 0 saturated carbocycles. The first-order chi connectivity index (χ1) is 7.34. The van der Waals surface area contributed by atoms with E-state index in [9.17, 15) is 4.79 Å². The van der Waals surface area contributed by atoms with Crippen LogP contribution in [0, 0.1) is 0 Å². The second-order valence-electron chi connectivity index (χ2n) is 3.32. The van der Waals surface area contributed by atoms with Gasteiger partial charge in [0, 0.05) is 30.6 Å². The highest BCUT2D eigenvalue weighted by molar-refractivity contribution is 7.13. The third kappa shape index (κ3) is 3.26. The summed E-state index contributed by atoms with van der Waals surface area (Å²) in [6.45, 7) is 2.14. The van der Waals surface area contributed by atoms with Gasteiger partial charge in [-0.1, -0.05) is 0 Å². The van der Waals surface area contributed by atoms with Crippen LogP contribution in [0.4, 0.5) is 5.13 Å². The highest BCUT2D eigenvalue weighted by Crippen LogP contribution is 2.11. The van der Waals surface area contributed by atoms with Crippen molar-refractivity contribution in [3.05, 3.63) is 11.6 Å². The van der Waals surface area contributed by atoms with Gasteiger partial charge in [0.15, 0.2) is 5.13 Å². The summed E-state index contributed by atoms with van der Waals surface area (Å²) in [6, 6.07) is 0.124. The van der Waals surface area contributed by atoms with E-state index >= 15 is 0 Å². The van der Waals surface area contributed by atoms with E-state index in [1.54, 1.807) is 6.20 Å². The lowest BCUT2D eigenvalue weighted by Gasteiger charge is -2.22. The van der Waals surface area contributed by atoms with Crippen LogP contribution in [-0.2, 0) is 9.53 Å². The maximum Gasteiger partial charge on any atom is 0.227 e. The van der Waals surface area contributed by atoms with Gasteiger partial charge in [0.2, 0.25) is 5.91 Å². The second-order valence-corrected chi connectivity index (χ2v) is 4.21. The number of hydrogen-bond donors (Lipinski definition) is 2. The molecule has 2 rings (SSSR count). The van der Waals surface area contributed by atoms with E-state index in [1.807, 2.05) is 5.38 Å². The van der Waals surface area contributed by atoms with Crippen LogP contribution in [0.5, 0.6) is 0 Å². The van der Waals surface area contributed by atoms with Gasteiger partial charge in [-0.2, -0.15) is 0 Å². The topological polar surface area (TPSA) is 63.2 Å². The predicted octanol–water partition coefficient (Wildman–Crippen LogP) is 0.460. The van der Waals surface area contributed by atoms with Crippen molar-refractivity contribution in [2.24, 2.45) is 0 Å². The minimum absolute atomic E-state index is 0.0204. The number of morpholine rings is 1. The van der Waals surface area contributed by atoms with Gasteiger partial charge in [0.1, 0.15) is 0 Å². The Bertz CT molecular complexity index is 309. The van der Waals surface area contributed by atoms with Crippen molar-refractivity contribution in [1.82, 2.24) is 10.3 Å². The van der Waals surface area contributed by atoms with E-state index in [0.717, 1.165) is 13.2 Å². The maximum atomic E-state index is 11.5. The average molecular weight is 227 g/mol. The molecule has 1 aliphatic rings. The molecule has 0 radical (unpaired) electrons. The van der Waals surface area contributed by atoms with Crippen LogP contribution in [-0.4, -0.2) is 36.7 Å². The van der Waals surface area contributed by atoms with Crippen molar-refractivity contribution in [2.75, 3.05) is 25.1 Å². The molecule has 1 fully saturated rings. The Labute approximate surface area is 91.9 Å². The van der Waals surface area contributed by atoms with Gasteiger partial charge in [-0.05, 0) is 0 Å². The Hall–Kier alpha value is -0.980. The largest absolute Gasteiger partial charge is 0.378 e. The fraction of sp³-hybridized carbons (Fsp3) is 0.556. The van der Waals surface area contributed by atoms with E-state index in [-0.39, 0.29) is 11.9 Å². The molecule has 1 amide bonds. The van der Waals surface area contributed by atoms with E-state index in [2.05, 4.69) is 15.6 Å². The van der Waals surface area contributed by atoms with E-state index < -0.39 is 0 Å². The fourth-order valence-electron chi connectivity index (χ4n) is 1.43. The summed E-state index contributed by atoms with van der Waals surface area (Å²) >= 11 is 1.42. The van der Waals surface area contributed by atoms with Crippen molar-refractivity contribution in [2.45, 2.75) is 12.5 Å². The molecule has 2 heterocycles. The number of anilines is 1. The molecule has 1 atom stereocenters. The molecule has 0 aliphatic carbocycles. The van der Waals surface area contributed by atoms with E-state index in [1.165, 1.54) is 11.3 Å². The monoisotopic (exact) mass is 227 g/mol. The number of nitrogens with zero attached hydrogens (tertiary/aromatic N) is 1. The van der Waals surface area contributed by atoms with Crippen molar-refractivity contribution in [1.29, 1.82) is 0 Å². The molecule has 6 heteroatoms. The number of aromatic nitrogens is 1. The fourth-order valence-corrected chi connectivity index (χ4v) is 1.98. The van der Waals surface area contributed by atoms with E-state index in [0.29, 0.717) is 18.2 Å². The van der Waals surface area contributed by atoms with Crippen LogP contribution in [0.25, 0.3) is 0 Å². The second kappa shape index (κ2) is 5.20. The van der Waals surface area contributed by atoms with Gasteiger partial charge in [-0.25, -0.2) is 4.98 Å². The Balaban J connectivity index is 1.76. The molecule has 1 saturated heterocycles. The number of thiazole rings is 1. The lowest BCUT2D eigenvalue weighted by molar-refractivity contribution is -0.117. The summed E-state index contributed by atoms with van der Waals surface area (Å²) in [5.74, 6) is -0.0204. The van der Waals surface area contributed by atoms with Crippen molar-refractivity contribution in [3.63, 3.8) is 0 Å². The number of carbonyl (C=O) groups is 1. The van der Waals surface area contributed by atoms with Crippen molar-refractivity contribution >= 4 is 22.4 Å². The minimum atomic E-state index is -0.0204. The van der Waals surface area contributed by atoms with Crippen molar-refractivity contribution < 1.29 is 9.53 Å². The van der Waals surface area contributed by atoms with Crippen LogP contribution in [0.1, 0.15) is 6.42 Å². The van der Waals surface area contributed by atoms with Gasteiger partial charge >= 0.3 is 0 Å². The molecule has 0 spiro atoms. The van der Waals surface area contributed by atoms with Crippen LogP contribution in [0.2, 0.25) is 0 Å². The summed E-state index contributed by atoms with van der Waals surface area (Å²) in [7, 11) is 0. The molecule has 1 unspecified atom stereocenters. The lowest BCUT2D eigenvalue weighted by atomic mass is 10.2. The Morgan fingerprint density at radius 3 is 3.40 bits per heavy atom. The summed E-state index contributed by atoms with van der Waals surface area (Å²) < 4.78 is 5.26. The Morgan fingerprint density at radius 2 is 2.73 bits per heavy atom. The van der Waals surface area contributed by atoms with Gasteiger partial charge in [-0.3, -0.25) is 4.79 Å². The van der Waals surface area contributed by atoms with Gasteiger partial charge < -0.3 is 15.4 Å². The zero-order valence-electron chi connectivity index (χ0n) is 8.23. The summed E-state index contributed by atoms with van der Waals surface area (Å²) in [5.41, 5.74) is 0. The van der Waals surface area contributed by atoms with E-state index in [4.69, 9.17) is 4.74 Å². The first-order valence-corrected chi connectivity index (χ1v) is 5.73. The molecule has 1 aromatic rings. The lowest BCUT2D eigenvalue weighted by Crippen LogP contribution is -2.43. The third-order valence-electron chi connectivity index (χ3n) is 2.11. The molecule has 2 N–H and O–H groups in total. The SMILES string of the molecule is O=C(CC1COCCN1)Nc1nccs1. The number of hydrogen-bond acceptors (Lipinski definition) is 5. The molecular formula is C9H13N3O2S. The Kier molecular flexibility index (Phi) is 3.65. The standard InChI is InChI=1S/C9H13N3O2S/c13-8(12-9-11-2-4-15-9)5-7-6-14-3-1-10-7/h2,4,7,10H,1,3,5-6H2,(H,11,12,13). The molecule has 1 aliphatic heterocycles. The molecule has 82 valence electrons. The van der Waals surface area contributed by atoms with Crippen LogP contribution in [0.3, 0.4) is 0 Å². The first kappa shape index (κ1) is 10.5. The normalized spacial score (nSPS) is 21.2. The highest BCUT2D eigenvalue weighted by Gasteiger charge is 2.17. The zero-order chi connectivity index (χ0) is 10.5. The highest BCUT2D eigenvalue weighted by atomic mass is 32.1.